The van der Waals surface area contributed by atoms with Crippen LogP contribution in [0.3, 0.4) is 0 Å². The van der Waals surface area contributed by atoms with E-state index in [4.69, 9.17) is 4.74 Å². The van der Waals surface area contributed by atoms with Gasteiger partial charge in [-0.05, 0) is 18.2 Å². The number of thiazole rings is 1. The van der Waals surface area contributed by atoms with Crippen LogP contribution in [0, 0.1) is 0 Å². The van der Waals surface area contributed by atoms with Crippen molar-refractivity contribution in [2.75, 3.05) is 11.9 Å². The lowest BCUT2D eigenvalue weighted by atomic mass is 10.1. The zero-order valence-corrected chi connectivity index (χ0v) is 16.8. The number of anilines is 1. The highest BCUT2D eigenvalue weighted by molar-refractivity contribution is 7.15. The minimum Gasteiger partial charge on any atom is -0.426 e. The Kier molecular flexibility index (Phi) is 4.00. The molecule has 3 heterocycles. The number of para-hydroxylation sites is 2. The Labute approximate surface area is 173 Å². The number of carbonyl (C=O) groups excluding carboxylic acids is 2. The van der Waals surface area contributed by atoms with Crippen molar-refractivity contribution in [1.29, 1.82) is 0 Å². The zero-order valence-electron chi connectivity index (χ0n) is 15.9. The number of likely N-dealkylation sites (N-methyl/N-ethyl adjacent to an activating group) is 1. The summed E-state index contributed by atoms with van der Waals surface area (Å²) in [5.74, 6) is -0.124. The third-order valence-corrected chi connectivity index (χ3v) is 5.85. The maximum absolute atomic E-state index is 13.1. The van der Waals surface area contributed by atoms with E-state index in [1.165, 1.54) is 16.3 Å². The molecule has 9 heteroatoms. The Bertz CT molecular complexity index is 1470. The second-order valence-corrected chi connectivity index (χ2v) is 7.69. The molecule has 30 heavy (non-hydrogen) atoms. The highest BCUT2D eigenvalue weighted by Crippen LogP contribution is 2.34. The van der Waals surface area contributed by atoms with Gasteiger partial charge in [0.15, 0.2) is 5.82 Å². The molecule has 0 bridgehead atoms. The van der Waals surface area contributed by atoms with Crippen LogP contribution in [0.15, 0.2) is 53.3 Å². The topological polar surface area (TPSA) is 93.9 Å². The molecule has 0 unspecified atom stereocenters. The Morgan fingerprint density at radius 3 is 2.47 bits per heavy atom. The third kappa shape index (κ3) is 2.63. The van der Waals surface area contributed by atoms with Gasteiger partial charge >= 0.3 is 5.97 Å². The minimum atomic E-state index is -0.464. The first kappa shape index (κ1) is 18.2. The fraction of sp³-hybridized carbons (Fsp3) is 0.0952. The standard InChI is InChI=1S/C21H14N4O4S/c1-11(26)29-15-10-6-4-8-13(15)18-22-21-25(23-18)20(28)17(30-21)16-12-7-3-5-9-14(12)24(2)19(16)27/h3-10H,1-2H3/b17-16+. The molecule has 0 N–H and O–H groups in total. The van der Waals surface area contributed by atoms with Crippen molar-refractivity contribution >= 4 is 39.4 Å². The van der Waals surface area contributed by atoms with Gasteiger partial charge in [-0.2, -0.15) is 9.50 Å². The molecule has 0 spiro atoms. The molecule has 1 amide bonds. The van der Waals surface area contributed by atoms with Crippen LogP contribution in [-0.4, -0.2) is 33.5 Å². The zero-order chi connectivity index (χ0) is 21.0. The Balaban J connectivity index is 1.71. The summed E-state index contributed by atoms with van der Waals surface area (Å²) < 4.78 is 6.69. The summed E-state index contributed by atoms with van der Waals surface area (Å²) in [6.07, 6.45) is 0. The fourth-order valence-electron chi connectivity index (χ4n) is 3.48. The van der Waals surface area contributed by atoms with E-state index in [2.05, 4.69) is 10.1 Å². The number of aromatic nitrogens is 3. The Morgan fingerprint density at radius 2 is 1.73 bits per heavy atom. The fourth-order valence-corrected chi connectivity index (χ4v) is 4.48. The number of amides is 1. The molecule has 0 aliphatic carbocycles. The van der Waals surface area contributed by atoms with Crippen molar-refractivity contribution in [3.05, 3.63) is 69.0 Å². The van der Waals surface area contributed by atoms with E-state index in [9.17, 15) is 14.4 Å². The summed E-state index contributed by atoms with van der Waals surface area (Å²) in [5, 5.41) is 4.32. The normalized spacial score (nSPS) is 15.0. The number of hydrogen-bond acceptors (Lipinski definition) is 7. The second kappa shape index (κ2) is 6.60. The van der Waals surface area contributed by atoms with Crippen LogP contribution >= 0.6 is 11.3 Å². The van der Waals surface area contributed by atoms with Crippen molar-refractivity contribution in [2.24, 2.45) is 0 Å². The SMILES string of the molecule is CC(=O)Oc1ccccc1-c1nc2s/c(=C3/C(=O)N(C)c4ccccc43)c(=O)n2n1. The smallest absolute Gasteiger partial charge is 0.308 e. The summed E-state index contributed by atoms with van der Waals surface area (Å²) in [6.45, 7) is 1.31. The number of rotatable bonds is 2. The van der Waals surface area contributed by atoms with Crippen molar-refractivity contribution in [3.63, 3.8) is 0 Å². The van der Waals surface area contributed by atoms with Crippen LogP contribution in [0.2, 0.25) is 0 Å². The summed E-state index contributed by atoms with van der Waals surface area (Å²) in [4.78, 5) is 43.6. The van der Waals surface area contributed by atoms with E-state index >= 15 is 0 Å². The summed E-state index contributed by atoms with van der Waals surface area (Å²) in [5.41, 5.74) is 1.92. The number of fused-ring (bicyclic) bond motifs is 2. The van der Waals surface area contributed by atoms with Gasteiger partial charge in [-0.1, -0.05) is 41.7 Å². The number of nitrogens with zero attached hydrogens (tertiary/aromatic N) is 4. The molecule has 0 fully saturated rings. The molecule has 1 aliphatic rings. The lowest BCUT2D eigenvalue weighted by Gasteiger charge is -2.07. The highest BCUT2D eigenvalue weighted by Gasteiger charge is 2.31. The number of benzene rings is 2. The predicted octanol–water partition coefficient (Wildman–Crippen LogP) is 1.64. The van der Waals surface area contributed by atoms with E-state index in [0.717, 1.165) is 17.0 Å². The van der Waals surface area contributed by atoms with Gasteiger partial charge in [0.25, 0.3) is 11.5 Å². The number of ether oxygens (including phenoxy) is 1. The van der Waals surface area contributed by atoms with Gasteiger partial charge in [0.1, 0.15) is 10.3 Å². The van der Waals surface area contributed by atoms with Crippen LogP contribution in [0.4, 0.5) is 5.69 Å². The molecule has 148 valence electrons. The number of hydrogen-bond donors (Lipinski definition) is 0. The predicted molar refractivity (Wildman–Crippen MR) is 111 cm³/mol. The molecule has 2 aromatic heterocycles. The average Bonchev–Trinajstić information content (AvgIpc) is 3.35. The van der Waals surface area contributed by atoms with Crippen molar-refractivity contribution < 1.29 is 14.3 Å². The van der Waals surface area contributed by atoms with Gasteiger partial charge in [-0.3, -0.25) is 14.4 Å². The van der Waals surface area contributed by atoms with E-state index in [-0.39, 0.29) is 11.7 Å². The van der Waals surface area contributed by atoms with Crippen LogP contribution in [0.25, 0.3) is 21.9 Å². The summed E-state index contributed by atoms with van der Waals surface area (Å²) in [6, 6.07) is 14.2. The number of esters is 1. The van der Waals surface area contributed by atoms with E-state index in [1.54, 1.807) is 31.3 Å². The molecule has 2 aromatic carbocycles. The van der Waals surface area contributed by atoms with Gasteiger partial charge in [0.05, 0.1) is 16.8 Å². The third-order valence-electron chi connectivity index (χ3n) is 4.82. The van der Waals surface area contributed by atoms with Crippen molar-refractivity contribution in [1.82, 2.24) is 14.6 Å². The molecule has 0 atom stereocenters. The molecular weight excluding hydrogens is 404 g/mol. The van der Waals surface area contributed by atoms with Crippen molar-refractivity contribution in [2.45, 2.75) is 6.92 Å². The lowest BCUT2D eigenvalue weighted by molar-refractivity contribution is -0.131. The lowest BCUT2D eigenvalue weighted by Crippen LogP contribution is -2.30. The maximum Gasteiger partial charge on any atom is 0.308 e. The maximum atomic E-state index is 13.1. The van der Waals surface area contributed by atoms with E-state index < -0.39 is 11.5 Å². The molecule has 8 nitrogen and oxygen atoms in total. The molecule has 0 radical (unpaired) electrons. The first-order valence-corrected chi connectivity index (χ1v) is 9.86. The molecule has 1 aliphatic heterocycles. The molecule has 0 saturated heterocycles. The highest BCUT2D eigenvalue weighted by atomic mass is 32.1. The van der Waals surface area contributed by atoms with Gasteiger partial charge in [-0.25, -0.2) is 0 Å². The van der Waals surface area contributed by atoms with Gasteiger partial charge in [-0.15, -0.1) is 5.10 Å². The molecular formula is C21H14N4O4S. The summed E-state index contributed by atoms with van der Waals surface area (Å²) in [7, 11) is 1.68. The Morgan fingerprint density at radius 1 is 1.03 bits per heavy atom. The first-order chi connectivity index (χ1) is 14.5. The molecule has 5 rings (SSSR count). The molecule has 0 saturated carbocycles. The number of carbonyl (C=O) groups is 2. The van der Waals surface area contributed by atoms with E-state index in [0.29, 0.717) is 31.9 Å². The first-order valence-electron chi connectivity index (χ1n) is 9.05. The van der Waals surface area contributed by atoms with Crippen LogP contribution in [0.5, 0.6) is 5.75 Å². The second-order valence-electron chi connectivity index (χ2n) is 6.71. The van der Waals surface area contributed by atoms with Crippen LogP contribution in [-0.2, 0) is 9.59 Å². The monoisotopic (exact) mass is 418 g/mol. The summed E-state index contributed by atoms with van der Waals surface area (Å²) >= 11 is 1.11. The largest absolute Gasteiger partial charge is 0.426 e. The van der Waals surface area contributed by atoms with Gasteiger partial charge < -0.3 is 9.64 Å². The van der Waals surface area contributed by atoms with Crippen LogP contribution in [0.1, 0.15) is 12.5 Å². The van der Waals surface area contributed by atoms with Gasteiger partial charge in [0.2, 0.25) is 4.96 Å². The van der Waals surface area contributed by atoms with Crippen LogP contribution < -0.4 is 19.7 Å². The quantitative estimate of drug-likeness (QED) is 0.363. The molecule has 4 aromatic rings. The van der Waals surface area contributed by atoms with E-state index in [1.807, 2.05) is 24.3 Å². The Hall–Kier alpha value is -3.85. The van der Waals surface area contributed by atoms with Crippen molar-refractivity contribution in [3.8, 4) is 17.1 Å². The minimum absolute atomic E-state index is 0.238. The van der Waals surface area contributed by atoms with Gasteiger partial charge in [0, 0.05) is 19.5 Å². The average molecular weight is 418 g/mol.